The topological polar surface area (TPSA) is 86.4 Å². The second-order valence-corrected chi connectivity index (χ2v) is 11.3. The van der Waals surface area contributed by atoms with E-state index >= 15 is 0 Å². The summed E-state index contributed by atoms with van der Waals surface area (Å²) in [6.07, 6.45) is 5.17. The Kier molecular flexibility index (Phi) is 6.72. The number of fused-ring (bicyclic) bond motifs is 1. The van der Waals surface area contributed by atoms with Crippen molar-refractivity contribution >= 4 is 33.4 Å². The number of hydrogen-bond acceptors (Lipinski definition) is 6. The van der Waals surface area contributed by atoms with Crippen LogP contribution in [-0.4, -0.2) is 49.6 Å². The molecule has 0 saturated carbocycles. The number of likely N-dealkylation sites (tertiary alicyclic amines) is 1. The number of benzene rings is 2. The average molecular weight is 519 g/mol. The maximum absolute atomic E-state index is 13.4. The van der Waals surface area contributed by atoms with Crippen molar-refractivity contribution in [3.63, 3.8) is 0 Å². The van der Waals surface area contributed by atoms with Gasteiger partial charge in [-0.1, -0.05) is 35.6 Å². The second kappa shape index (κ2) is 9.97. The Labute approximate surface area is 219 Å². The fourth-order valence-electron chi connectivity index (χ4n) is 4.79. The highest BCUT2D eigenvalue weighted by Gasteiger charge is 2.30. The number of thiazole rings is 1. The minimum Gasteiger partial charge on any atom is -0.456 e. The summed E-state index contributed by atoms with van der Waals surface area (Å²) in [5.74, 6) is 0.424. The van der Waals surface area contributed by atoms with Crippen molar-refractivity contribution in [1.29, 1.82) is 0 Å². The summed E-state index contributed by atoms with van der Waals surface area (Å²) in [7, 11) is 0. The molecule has 0 unspecified atom stereocenters. The number of aromatic nitrogens is 3. The van der Waals surface area contributed by atoms with Crippen molar-refractivity contribution in [1.82, 2.24) is 19.0 Å². The zero-order valence-electron chi connectivity index (χ0n) is 21.2. The highest BCUT2D eigenvalue weighted by molar-refractivity contribution is 7.16. The van der Waals surface area contributed by atoms with Crippen LogP contribution < -0.4 is 4.87 Å². The molecule has 5 rings (SSSR count). The molecule has 9 heteroatoms. The predicted octanol–water partition coefficient (Wildman–Crippen LogP) is 4.74. The van der Waals surface area contributed by atoms with Gasteiger partial charge in [0.05, 0.1) is 21.3 Å². The highest BCUT2D eigenvalue weighted by Crippen LogP contribution is 2.29. The van der Waals surface area contributed by atoms with Crippen molar-refractivity contribution in [2.24, 2.45) is 0 Å². The van der Waals surface area contributed by atoms with Crippen molar-refractivity contribution in [3.8, 4) is 0 Å². The van der Waals surface area contributed by atoms with E-state index in [1.807, 2.05) is 35.0 Å². The number of hydrogen-bond donors (Lipinski definition) is 0. The Balaban J connectivity index is 1.29. The van der Waals surface area contributed by atoms with Crippen LogP contribution in [0.4, 0.5) is 0 Å². The molecule has 0 bridgehead atoms. The SMILES string of the molecule is CC(C)(C)OC(=O)c1ccccc1C(=O)N1CCC(c2nccn2Cn2c(=O)sc3ccccc32)CC1. The first-order chi connectivity index (χ1) is 17.7. The Hall–Kier alpha value is -3.72. The molecule has 8 nitrogen and oxygen atoms in total. The number of carbonyl (C=O) groups excluding carboxylic acids is 2. The van der Waals surface area contributed by atoms with Crippen LogP contribution in [0.2, 0.25) is 0 Å². The second-order valence-electron chi connectivity index (χ2n) is 10.3. The van der Waals surface area contributed by atoms with E-state index in [4.69, 9.17) is 4.74 Å². The highest BCUT2D eigenvalue weighted by atomic mass is 32.1. The Bertz CT molecular complexity index is 1500. The molecule has 1 aliphatic heterocycles. The van der Waals surface area contributed by atoms with Crippen LogP contribution >= 0.6 is 11.3 Å². The van der Waals surface area contributed by atoms with E-state index in [0.29, 0.717) is 25.3 Å². The van der Waals surface area contributed by atoms with Gasteiger partial charge in [-0.05, 0) is 57.9 Å². The summed E-state index contributed by atoms with van der Waals surface area (Å²) >= 11 is 1.25. The third kappa shape index (κ3) is 5.22. The van der Waals surface area contributed by atoms with Gasteiger partial charge < -0.3 is 14.2 Å². The number of amides is 1. The van der Waals surface area contributed by atoms with Gasteiger partial charge in [-0.3, -0.25) is 14.2 Å². The minimum atomic E-state index is -0.645. The number of carbonyl (C=O) groups is 2. The molecular weight excluding hydrogens is 488 g/mol. The van der Waals surface area contributed by atoms with E-state index in [2.05, 4.69) is 4.98 Å². The van der Waals surface area contributed by atoms with Crippen molar-refractivity contribution in [2.45, 2.75) is 51.8 Å². The largest absolute Gasteiger partial charge is 0.456 e. The van der Waals surface area contributed by atoms with E-state index in [1.54, 1.807) is 60.7 Å². The lowest BCUT2D eigenvalue weighted by Gasteiger charge is -2.32. The van der Waals surface area contributed by atoms with E-state index < -0.39 is 11.6 Å². The Morgan fingerprint density at radius 1 is 1.03 bits per heavy atom. The van der Waals surface area contributed by atoms with Gasteiger partial charge in [-0.2, -0.15) is 0 Å². The monoisotopic (exact) mass is 518 g/mol. The number of ether oxygens (including phenoxy) is 1. The molecule has 2 aromatic carbocycles. The van der Waals surface area contributed by atoms with Gasteiger partial charge in [0.15, 0.2) is 0 Å². The zero-order chi connectivity index (χ0) is 26.2. The van der Waals surface area contributed by atoms with Crippen LogP contribution in [0.1, 0.15) is 66.1 Å². The van der Waals surface area contributed by atoms with Gasteiger partial charge in [-0.25, -0.2) is 9.78 Å². The molecule has 1 aliphatic rings. The maximum atomic E-state index is 13.4. The van der Waals surface area contributed by atoms with Crippen LogP contribution in [-0.2, 0) is 11.4 Å². The molecule has 192 valence electrons. The molecular formula is C28H30N4O4S. The van der Waals surface area contributed by atoms with Crippen LogP contribution in [0.3, 0.4) is 0 Å². The summed E-state index contributed by atoms with van der Waals surface area (Å²) in [6.45, 7) is 6.94. The number of piperidine rings is 1. The molecule has 0 aliphatic carbocycles. The number of rotatable bonds is 5. The lowest BCUT2D eigenvalue weighted by atomic mass is 9.95. The van der Waals surface area contributed by atoms with Crippen molar-refractivity contribution in [3.05, 3.63) is 87.5 Å². The lowest BCUT2D eigenvalue weighted by molar-refractivity contribution is 0.00664. The molecule has 0 atom stereocenters. The maximum Gasteiger partial charge on any atom is 0.339 e. The van der Waals surface area contributed by atoms with Gasteiger partial charge >= 0.3 is 10.8 Å². The summed E-state index contributed by atoms with van der Waals surface area (Å²) in [5.41, 5.74) is 0.920. The van der Waals surface area contributed by atoms with Crippen LogP contribution in [0, 0.1) is 0 Å². The standard InChI is InChI=1S/C28H30N4O4S/c1-28(2,3)36-26(34)21-9-5-4-8-20(21)25(33)30-15-12-19(13-16-30)24-29-14-17-31(24)18-32-22-10-6-7-11-23(22)37-27(32)35/h4-11,14,17,19H,12-13,15-16,18H2,1-3H3. The number of esters is 1. The molecule has 37 heavy (non-hydrogen) atoms. The van der Waals surface area contributed by atoms with Gasteiger partial charge in [0.2, 0.25) is 0 Å². The molecule has 2 aromatic heterocycles. The lowest BCUT2D eigenvalue weighted by Crippen LogP contribution is -2.39. The fourth-order valence-corrected chi connectivity index (χ4v) is 5.68. The smallest absolute Gasteiger partial charge is 0.339 e. The summed E-state index contributed by atoms with van der Waals surface area (Å²) < 4.78 is 10.3. The summed E-state index contributed by atoms with van der Waals surface area (Å²) in [5, 5.41) is 0. The molecule has 4 aromatic rings. The van der Waals surface area contributed by atoms with Gasteiger partial charge in [0.1, 0.15) is 18.1 Å². The summed E-state index contributed by atoms with van der Waals surface area (Å²) in [4.78, 5) is 45.2. The van der Waals surface area contributed by atoms with Gasteiger partial charge in [-0.15, -0.1) is 0 Å². The molecule has 1 amide bonds. The first kappa shape index (κ1) is 25.0. The Morgan fingerprint density at radius 2 is 1.70 bits per heavy atom. The molecule has 0 radical (unpaired) electrons. The predicted molar refractivity (Wildman–Crippen MR) is 143 cm³/mol. The minimum absolute atomic E-state index is 0.00455. The molecule has 1 saturated heterocycles. The molecule has 1 fully saturated rings. The number of imidazole rings is 1. The van der Waals surface area contributed by atoms with E-state index in [9.17, 15) is 14.4 Å². The first-order valence-electron chi connectivity index (χ1n) is 12.4. The first-order valence-corrected chi connectivity index (χ1v) is 13.2. The van der Waals surface area contributed by atoms with Crippen LogP contribution in [0.15, 0.2) is 65.7 Å². The molecule has 3 heterocycles. The quantitative estimate of drug-likeness (QED) is 0.356. The van der Waals surface area contributed by atoms with Crippen LogP contribution in [0.25, 0.3) is 10.2 Å². The van der Waals surface area contributed by atoms with Gasteiger partial charge in [0, 0.05) is 31.4 Å². The number of nitrogens with zero attached hydrogens (tertiary/aromatic N) is 4. The van der Waals surface area contributed by atoms with E-state index in [-0.39, 0.29) is 22.3 Å². The third-order valence-corrected chi connectivity index (χ3v) is 7.50. The Morgan fingerprint density at radius 3 is 2.43 bits per heavy atom. The zero-order valence-corrected chi connectivity index (χ0v) is 22.0. The normalized spacial score (nSPS) is 14.7. The third-order valence-electron chi connectivity index (χ3n) is 6.54. The van der Waals surface area contributed by atoms with Gasteiger partial charge in [0.25, 0.3) is 5.91 Å². The summed E-state index contributed by atoms with van der Waals surface area (Å²) in [6, 6.07) is 14.6. The average Bonchev–Trinajstić information content (AvgIpc) is 3.47. The van der Waals surface area contributed by atoms with Crippen LogP contribution in [0.5, 0.6) is 0 Å². The van der Waals surface area contributed by atoms with Crippen molar-refractivity contribution < 1.29 is 14.3 Å². The van der Waals surface area contributed by atoms with E-state index in [0.717, 1.165) is 28.9 Å². The fraction of sp³-hybridized carbons (Fsp3) is 0.357. The van der Waals surface area contributed by atoms with Crippen molar-refractivity contribution in [2.75, 3.05) is 13.1 Å². The molecule has 0 spiro atoms. The number of para-hydroxylation sites is 1. The molecule has 0 N–H and O–H groups in total. The van der Waals surface area contributed by atoms with E-state index in [1.165, 1.54) is 11.3 Å².